The third-order valence-electron chi connectivity index (χ3n) is 3.92. The van der Waals surface area contributed by atoms with Gasteiger partial charge in [0.1, 0.15) is 5.82 Å². The molecule has 2 amide bonds. The van der Waals surface area contributed by atoms with Gasteiger partial charge in [-0.25, -0.2) is 9.97 Å². The van der Waals surface area contributed by atoms with Crippen LogP contribution in [0.2, 0.25) is 0 Å². The highest BCUT2D eigenvalue weighted by atomic mass is 32.1. The van der Waals surface area contributed by atoms with Gasteiger partial charge in [-0.1, -0.05) is 24.3 Å². The van der Waals surface area contributed by atoms with Crippen LogP contribution in [0, 0.1) is 0 Å². The van der Waals surface area contributed by atoms with Gasteiger partial charge in [0.05, 0.1) is 12.1 Å². The minimum Gasteiger partial charge on any atom is -0.362 e. The van der Waals surface area contributed by atoms with Crippen LogP contribution in [0.4, 0.5) is 10.9 Å². The van der Waals surface area contributed by atoms with Gasteiger partial charge in [0.25, 0.3) is 5.91 Å². The van der Waals surface area contributed by atoms with Crippen molar-refractivity contribution in [2.24, 2.45) is 0 Å². The van der Waals surface area contributed by atoms with Crippen LogP contribution in [0.3, 0.4) is 0 Å². The molecule has 1 aromatic carbocycles. The fourth-order valence-corrected chi connectivity index (χ4v) is 3.30. The van der Waals surface area contributed by atoms with Gasteiger partial charge in [0.2, 0.25) is 5.91 Å². The Kier molecular flexibility index (Phi) is 6.33. The molecule has 0 unspecified atom stereocenters. The minimum atomic E-state index is -0.223. The molecule has 0 bridgehead atoms. The van der Waals surface area contributed by atoms with Crippen molar-refractivity contribution in [1.29, 1.82) is 0 Å². The molecule has 7 nitrogen and oxygen atoms in total. The van der Waals surface area contributed by atoms with Crippen molar-refractivity contribution in [1.82, 2.24) is 15.3 Å². The second-order valence-electron chi connectivity index (χ2n) is 6.30. The van der Waals surface area contributed by atoms with Crippen molar-refractivity contribution in [2.45, 2.75) is 13.0 Å². The summed E-state index contributed by atoms with van der Waals surface area (Å²) in [4.78, 5) is 35.0. The van der Waals surface area contributed by atoms with E-state index in [4.69, 9.17) is 0 Å². The molecule has 3 aromatic rings. The quantitative estimate of drug-likeness (QED) is 0.642. The van der Waals surface area contributed by atoms with Crippen LogP contribution in [-0.4, -0.2) is 35.9 Å². The van der Waals surface area contributed by atoms with Gasteiger partial charge >= 0.3 is 0 Å². The average Bonchev–Trinajstić information content (AvgIpc) is 3.13. The van der Waals surface area contributed by atoms with E-state index < -0.39 is 0 Å². The second kappa shape index (κ2) is 9.09. The summed E-state index contributed by atoms with van der Waals surface area (Å²) in [6, 6.07) is 12.7. The zero-order valence-corrected chi connectivity index (χ0v) is 16.5. The van der Waals surface area contributed by atoms with E-state index in [0.29, 0.717) is 22.9 Å². The predicted molar refractivity (Wildman–Crippen MR) is 111 cm³/mol. The zero-order valence-electron chi connectivity index (χ0n) is 15.7. The molecule has 144 valence electrons. The summed E-state index contributed by atoms with van der Waals surface area (Å²) in [5.74, 6) is 0.459. The Hall–Kier alpha value is -3.26. The van der Waals surface area contributed by atoms with Crippen LogP contribution in [0.25, 0.3) is 0 Å². The number of hydrogen-bond acceptors (Lipinski definition) is 6. The lowest BCUT2D eigenvalue weighted by Gasteiger charge is -2.16. The van der Waals surface area contributed by atoms with Crippen LogP contribution in [0.1, 0.15) is 21.6 Å². The van der Waals surface area contributed by atoms with Gasteiger partial charge in [-0.3, -0.25) is 14.9 Å². The van der Waals surface area contributed by atoms with Crippen molar-refractivity contribution < 1.29 is 9.59 Å². The number of carbonyl (C=O) groups excluding carboxylic acids is 2. The third kappa shape index (κ3) is 5.14. The molecule has 0 atom stereocenters. The highest BCUT2D eigenvalue weighted by Crippen LogP contribution is 2.17. The fraction of sp³-hybridized carbons (Fsp3) is 0.200. The number of thiazole rings is 1. The van der Waals surface area contributed by atoms with Crippen LogP contribution < -0.4 is 15.5 Å². The number of hydrogen-bond donors (Lipinski definition) is 2. The topological polar surface area (TPSA) is 87.2 Å². The Morgan fingerprint density at radius 2 is 1.89 bits per heavy atom. The van der Waals surface area contributed by atoms with E-state index in [2.05, 4.69) is 20.6 Å². The molecule has 0 radical (unpaired) electrons. The lowest BCUT2D eigenvalue weighted by atomic mass is 10.2. The lowest BCUT2D eigenvalue weighted by molar-refractivity contribution is -0.120. The molecule has 28 heavy (non-hydrogen) atoms. The highest BCUT2D eigenvalue weighted by Gasteiger charge is 2.12. The van der Waals surface area contributed by atoms with Gasteiger partial charge in [-0.15, -0.1) is 11.3 Å². The van der Waals surface area contributed by atoms with Gasteiger partial charge < -0.3 is 10.2 Å². The molecule has 0 aliphatic heterocycles. The van der Waals surface area contributed by atoms with Crippen LogP contribution in [0.5, 0.6) is 0 Å². The molecule has 0 saturated carbocycles. The number of nitrogens with zero attached hydrogens (tertiary/aromatic N) is 3. The van der Waals surface area contributed by atoms with Crippen molar-refractivity contribution in [3.8, 4) is 0 Å². The number of aromatic nitrogens is 2. The smallest absolute Gasteiger partial charge is 0.257 e. The molecule has 8 heteroatoms. The first kappa shape index (κ1) is 19.5. The maximum atomic E-state index is 12.3. The highest BCUT2D eigenvalue weighted by molar-refractivity contribution is 7.14. The van der Waals surface area contributed by atoms with Gasteiger partial charge in [-0.2, -0.15) is 0 Å². The Labute approximate surface area is 167 Å². The van der Waals surface area contributed by atoms with E-state index in [0.717, 1.165) is 11.4 Å². The molecule has 0 spiro atoms. The lowest BCUT2D eigenvalue weighted by Crippen LogP contribution is -2.26. The van der Waals surface area contributed by atoms with Crippen molar-refractivity contribution in [2.75, 3.05) is 24.3 Å². The molecule has 0 aliphatic rings. The molecule has 2 heterocycles. The normalized spacial score (nSPS) is 10.4. The van der Waals surface area contributed by atoms with E-state index in [9.17, 15) is 9.59 Å². The maximum Gasteiger partial charge on any atom is 0.257 e. The molecule has 2 aromatic heterocycles. The molecule has 0 aliphatic carbocycles. The summed E-state index contributed by atoms with van der Waals surface area (Å²) < 4.78 is 0. The van der Waals surface area contributed by atoms with E-state index >= 15 is 0 Å². The number of carbonyl (C=O) groups is 2. The summed E-state index contributed by atoms with van der Waals surface area (Å²) in [5.41, 5.74) is 2.12. The summed E-state index contributed by atoms with van der Waals surface area (Å²) >= 11 is 1.30. The summed E-state index contributed by atoms with van der Waals surface area (Å²) in [7, 11) is 3.82. The summed E-state index contributed by atoms with van der Waals surface area (Å²) in [5, 5.41) is 7.89. The van der Waals surface area contributed by atoms with Crippen LogP contribution >= 0.6 is 11.3 Å². The Bertz CT molecular complexity index is 956. The maximum absolute atomic E-state index is 12.3. The fourth-order valence-electron chi connectivity index (χ4n) is 2.60. The predicted octanol–water partition coefficient (Wildman–Crippen LogP) is 2.72. The van der Waals surface area contributed by atoms with Crippen molar-refractivity contribution >= 4 is 34.1 Å². The zero-order chi connectivity index (χ0) is 19.9. The third-order valence-corrected chi connectivity index (χ3v) is 4.72. The first-order valence-electron chi connectivity index (χ1n) is 8.71. The van der Waals surface area contributed by atoms with E-state index in [1.807, 2.05) is 37.2 Å². The van der Waals surface area contributed by atoms with E-state index in [1.165, 1.54) is 11.3 Å². The Balaban J connectivity index is 1.54. The molecule has 3 rings (SSSR count). The number of anilines is 2. The molecule has 0 saturated heterocycles. The van der Waals surface area contributed by atoms with Gasteiger partial charge in [-0.05, 0) is 18.2 Å². The van der Waals surface area contributed by atoms with Crippen molar-refractivity contribution in [3.05, 3.63) is 70.9 Å². The van der Waals surface area contributed by atoms with Gasteiger partial charge in [0.15, 0.2) is 5.13 Å². The SMILES string of the molecule is CN(C)c1ncccc1CNC(=O)Cc1csc(NC(=O)c2ccccc2)n1. The largest absolute Gasteiger partial charge is 0.362 e. The summed E-state index contributed by atoms with van der Waals surface area (Å²) in [6.07, 6.45) is 1.87. The Morgan fingerprint density at radius 1 is 1.11 bits per heavy atom. The Morgan fingerprint density at radius 3 is 2.64 bits per heavy atom. The first-order valence-corrected chi connectivity index (χ1v) is 9.59. The first-order chi connectivity index (χ1) is 13.5. The van der Waals surface area contributed by atoms with Gasteiger partial charge in [0, 0.05) is 43.3 Å². The van der Waals surface area contributed by atoms with Crippen LogP contribution in [0.15, 0.2) is 54.0 Å². The number of benzene rings is 1. The van der Waals surface area contributed by atoms with Crippen molar-refractivity contribution in [3.63, 3.8) is 0 Å². The average molecular weight is 395 g/mol. The minimum absolute atomic E-state index is 0.139. The molecular weight excluding hydrogens is 374 g/mol. The van der Waals surface area contributed by atoms with E-state index in [1.54, 1.807) is 35.8 Å². The van der Waals surface area contributed by atoms with Crippen LogP contribution in [-0.2, 0) is 17.8 Å². The standard InChI is InChI=1S/C20H21N5O2S/c1-25(2)18-15(9-6-10-21-18)12-22-17(26)11-16-13-28-20(23-16)24-19(27)14-7-4-3-5-8-14/h3-10,13H,11-12H2,1-2H3,(H,22,26)(H,23,24,27). The number of amides is 2. The number of nitrogens with one attached hydrogen (secondary N) is 2. The molecular formula is C20H21N5O2S. The summed E-state index contributed by atoms with van der Waals surface area (Å²) in [6.45, 7) is 0.391. The molecule has 0 fully saturated rings. The number of pyridine rings is 1. The monoisotopic (exact) mass is 395 g/mol. The number of rotatable bonds is 7. The second-order valence-corrected chi connectivity index (χ2v) is 7.16. The van der Waals surface area contributed by atoms with E-state index in [-0.39, 0.29) is 18.2 Å². The molecule has 2 N–H and O–H groups in total.